The van der Waals surface area contributed by atoms with Crippen molar-refractivity contribution in [2.45, 2.75) is 31.6 Å². The lowest BCUT2D eigenvalue weighted by atomic mass is 9.93. The Bertz CT molecular complexity index is 596. The van der Waals surface area contributed by atoms with Crippen LogP contribution in [0, 0.1) is 16.2 Å². The third-order valence-corrected chi connectivity index (χ3v) is 4.77. The fraction of sp³-hybridized carbons (Fsp3) is 0.500. The summed E-state index contributed by atoms with van der Waals surface area (Å²) < 4.78 is 27.2. The zero-order valence-corrected chi connectivity index (χ0v) is 12.5. The van der Waals surface area contributed by atoms with E-state index in [9.17, 15) is 8.78 Å². The van der Waals surface area contributed by atoms with Gasteiger partial charge in [0.1, 0.15) is 11.7 Å². The van der Waals surface area contributed by atoms with E-state index in [1.165, 1.54) is 5.56 Å². The molecule has 1 aromatic carbocycles. The van der Waals surface area contributed by atoms with Crippen LogP contribution >= 0.6 is 0 Å². The summed E-state index contributed by atoms with van der Waals surface area (Å²) in [5.41, 5.74) is 0.414. The van der Waals surface area contributed by atoms with E-state index in [0.717, 1.165) is 20.0 Å². The molecular weight excluding hydrogens is 286 g/mol. The summed E-state index contributed by atoms with van der Waals surface area (Å²) >= 11 is 0. The minimum absolute atomic E-state index is 0.00110. The molecule has 0 unspecified atom stereocenters. The fourth-order valence-corrected chi connectivity index (χ4v) is 2.80. The highest BCUT2D eigenvalue weighted by molar-refractivity contribution is 6.09. The molecule has 22 heavy (non-hydrogen) atoms. The van der Waals surface area contributed by atoms with E-state index in [-0.39, 0.29) is 11.7 Å². The summed E-state index contributed by atoms with van der Waals surface area (Å²) in [4.78, 5) is 0. The Kier molecular flexibility index (Phi) is 3.51. The smallest absolute Gasteiger partial charge is 0.257 e. The number of benzene rings is 1. The Morgan fingerprint density at radius 2 is 1.82 bits per heavy atom. The third kappa shape index (κ3) is 2.52. The van der Waals surface area contributed by atoms with Crippen molar-refractivity contribution < 1.29 is 8.78 Å². The summed E-state index contributed by atoms with van der Waals surface area (Å²) in [7, 11) is 0. The van der Waals surface area contributed by atoms with Crippen LogP contribution < -0.4 is 10.6 Å². The first-order chi connectivity index (χ1) is 10.3. The first kappa shape index (κ1) is 15.1. The monoisotopic (exact) mass is 306 g/mol. The van der Waals surface area contributed by atoms with Crippen molar-refractivity contribution in [3.8, 4) is 0 Å². The lowest BCUT2D eigenvalue weighted by molar-refractivity contribution is -0.0263. The van der Waals surface area contributed by atoms with Gasteiger partial charge in [-0.2, -0.15) is 0 Å². The van der Waals surface area contributed by atoms with Crippen LogP contribution in [0.5, 0.6) is 0 Å². The quantitative estimate of drug-likeness (QED) is 0.510. The van der Waals surface area contributed by atoms with Crippen molar-refractivity contribution in [2.24, 2.45) is 5.41 Å². The van der Waals surface area contributed by atoms with Gasteiger partial charge in [0.25, 0.3) is 5.92 Å². The molecule has 0 atom stereocenters. The van der Waals surface area contributed by atoms with E-state index >= 15 is 0 Å². The summed E-state index contributed by atoms with van der Waals surface area (Å²) in [5.74, 6) is -2.67. The van der Waals surface area contributed by atoms with Crippen molar-refractivity contribution in [3.63, 3.8) is 0 Å². The normalized spacial score (nSPS) is 20.1. The molecule has 2 fully saturated rings. The predicted octanol–water partition coefficient (Wildman–Crippen LogP) is 2.70. The van der Waals surface area contributed by atoms with Crippen LogP contribution in [0.25, 0.3) is 0 Å². The Morgan fingerprint density at radius 3 is 2.23 bits per heavy atom. The first-order valence-electron chi connectivity index (χ1n) is 7.47. The van der Waals surface area contributed by atoms with Crippen LogP contribution in [0.15, 0.2) is 24.3 Å². The lowest BCUT2D eigenvalue weighted by Crippen LogP contribution is -2.44. The average Bonchev–Trinajstić information content (AvgIpc) is 3.18. The van der Waals surface area contributed by atoms with Crippen LogP contribution in [-0.4, -0.2) is 30.7 Å². The van der Waals surface area contributed by atoms with Crippen molar-refractivity contribution >= 4 is 11.7 Å². The molecule has 3 rings (SSSR count). The fourth-order valence-electron chi connectivity index (χ4n) is 2.80. The van der Waals surface area contributed by atoms with E-state index in [1.54, 1.807) is 12.1 Å². The number of hydrogen-bond donors (Lipinski definition) is 4. The molecule has 0 radical (unpaired) electrons. The number of nitrogens with one attached hydrogen (secondary N) is 4. The lowest BCUT2D eigenvalue weighted by Gasteiger charge is -2.27. The van der Waals surface area contributed by atoms with Crippen molar-refractivity contribution in [2.75, 3.05) is 13.1 Å². The van der Waals surface area contributed by atoms with E-state index in [0.29, 0.717) is 24.3 Å². The maximum Gasteiger partial charge on any atom is 0.257 e. The van der Waals surface area contributed by atoms with E-state index in [1.807, 2.05) is 12.1 Å². The third-order valence-electron chi connectivity index (χ3n) is 4.77. The van der Waals surface area contributed by atoms with Gasteiger partial charge in [-0.25, -0.2) is 8.78 Å². The van der Waals surface area contributed by atoms with Gasteiger partial charge in [-0.15, -0.1) is 0 Å². The minimum atomic E-state index is -2.93. The molecule has 1 heterocycles. The standard InChI is InChI=1S/C16H20F2N4/c1-15(17,18)16(6-7-16)14(20)22-13(19)11-4-2-10(3-5-11)12-8-21-9-12/h2-5,12,21H,6-9H2,1H3,(H3,19,20,22). The van der Waals surface area contributed by atoms with Crippen molar-refractivity contribution in [1.29, 1.82) is 10.8 Å². The number of hydrogen-bond acceptors (Lipinski definition) is 3. The maximum atomic E-state index is 13.6. The molecule has 0 aromatic heterocycles. The average molecular weight is 306 g/mol. The molecule has 0 spiro atoms. The van der Waals surface area contributed by atoms with Gasteiger partial charge in [0.05, 0.1) is 5.41 Å². The van der Waals surface area contributed by atoms with Crippen LogP contribution in [-0.2, 0) is 0 Å². The van der Waals surface area contributed by atoms with Gasteiger partial charge < -0.3 is 10.6 Å². The van der Waals surface area contributed by atoms with Gasteiger partial charge >= 0.3 is 0 Å². The Morgan fingerprint density at radius 1 is 1.23 bits per heavy atom. The van der Waals surface area contributed by atoms with Gasteiger partial charge in [0.2, 0.25) is 0 Å². The molecule has 2 aliphatic rings. The van der Waals surface area contributed by atoms with Crippen LogP contribution in [0.1, 0.15) is 36.8 Å². The first-order valence-corrected chi connectivity index (χ1v) is 7.47. The minimum Gasteiger partial charge on any atom is -0.328 e. The topological polar surface area (TPSA) is 71.8 Å². The van der Waals surface area contributed by atoms with E-state index < -0.39 is 11.3 Å². The largest absolute Gasteiger partial charge is 0.328 e. The zero-order valence-electron chi connectivity index (χ0n) is 12.5. The molecule has 4 nitrogen and oxygen atoms in total. The molecule has 4 N–H and O–H groups in total. The molecule has 0 bridgehead atoms. The number of rotatable bonds is 4. The summed E-state index contributed by atoms with van der Waals surface area (Å²) in [6.07, 6.45) is 0.590. The highest BCUT2D eigenvalue weighted by atomic mass is 19.3. The van der Waals surface area contributed by atoms with Gasteiger partial charge in [-0.05, 0) is 18.4 Å². The Labute approximate surface area is 128 Å². The maximum absolute atomic E-state index is 13.6. The zero-order chi connectivity index (χ0) is 16.0. The molecule has 0 amide bonds. The second-order valence-electron chi connectivity index (χ2n) is 6.32. The van der Waals surface area contributed by atoms with Gasteiger partial charge in [-0.1, -0.05) is 24.3 Å². The number of amidine groups is 2. The van der Waals surface area contributed by atoms with Crippen molar-refractivity contribution in [1.82, 2.24) is 10.6 Å². The summed E-state index contributed by atoms with van der Waals surface area (Å²) in [6.45, 7) is 2.78. The SMILES string of the molecule is CC(F)(F)C1(C(=N)NC(=N)c2ccc(C3CNC3)cc2)CC1. The molecule has 1 aromatic rings. The van der Waals surface area contributed by atoms with Crippen LogP contribution in [0.3, 0.4) is 0 Å². The molecular formula is C16H20F2N4. The number of alkyl halides is 2. The second kappa shape index (κ2) is 5.12. The van der Waals surface area contributed by atoms with E-state index in [2.05, 4.69) is 10.6 Å². The molecule has 118 valence electrons. The van der Waals surface area contributed by atoms with Gasteiger partial charge in [0, 0.05) is 31.5 Å². The Hall–Kier alpha value is -1.82. The predicted molar refractivity (Wildman–Crippen MR) is 82.0 cm³/mol. The van der Waals surface area contributed by atoms with Gasteiger partial charge in [0.15, 0.2) is 0 Å². The molecule has 1 aliphatic heterocycles. The number of halogens is 2. The molecule has 1 aliphatic carbocycles. The molecule has 6 heteroatoms. The second-order valence-corrected chi connectivity index (χ2v) is 6.32. The van der Waals surface area contributed by atoms with Crippen LogP contribution in [0.2, 0.25) is 0 Å². The molecule has 1 saturated heterocycles. The summed E-state index contributed by atoms with van der Waals surface area (Å²) in [5, 5.41) is 21.7. The Balaban J connectivity index is 1.66. The van der Waals surface area contributed by atoms with Gasteiger partial charge in [-0.3, -0.25) is 10.8 Å². The highest BCUT2D eigenvalue weighted by Crippen LogP contribution is 2.56. The molecule has 1 saturated carbocycles. The van der Waals surface area contributed by atoms with E-state index in [4.69, 9.17) is 10.8 Å². The summed E-state index contributed by atoms with van der Waals surface area (Å²) in [6, 6.07) is 7.53. The highest BCUT2D eigenvalue weighted by Gasteiger charge is 2.62. The van der Waals surface area contributed by atoms with Crippen molar-refractivity contribution in [3.05, 3.63) is 35.4 Å². The van der Waals surface area contributed by atoms with Crippen LogP contribution in [0.4, 0.5) is 8.78 Å².